The van der Waals surface area contributed by atoms with Gasteiger partial charge in [-0.1, -0.05) is 42.1 Å². The van der Waals surface area contributed by atoms with Gasteiger partial charge in [-0.3, -0.25) is 9.69 Å². The number of aromatic amines is 1. The van der Waals surface area contributed by atoms with Gasteiger partial charge in [0.1, 0.15) is 6.61 Å². The standard InChI is InChI=1S/C25H28N4O3/c1-2-3-4-5-19-15-32-27-24(19)29-12-10-28(11-13-29)9-8-18-6-7-23-20(14-18)21-16-31-17-22(21)25(30)26-23/h2-7,14H,1,8-13,15-17H2,(H,26,30)/b4-3-,19-5+. The molecule has 7 heteroatoms. The first-order valence-electron chi connectivity index (χ1n) is 11.1. The maximum Gasteiger partial charge on any atom is 0.254 e. The number of hydrogen-bond donors (Lipinski definition) is 1. The van der Waals surface area contributed by atoms with Gasteiger partial charge in [0.2, 0.25) is 0 Å². The fraction of sp³-hybridized carbons (Fsp3) is 0.360. The van der Waals surface area contributed by atoms with Crippen molar-refractivity contribution in [2.45, 2.75) is 19.6 Å². The molecular weight excluding hydrogens is 404 g/mol. The Morgan fingerprint density at radius 3 is 2.78 bits per heavy atom. The van der Waals surface area contributed by atoms with E-state index in [4.69, 9.17) is 9.57 Å². The zero-order valence-corrected chi connectivity index (χ0v) is 18.2. The van der Waals surface area contributed by atoms with Crippen LogP contribution >= 0.6 is 0 Å². The van der Waals surface area contributed by atoms with Crippen LogP contribution in [0.3, 0.4) is 0 Å². The normalized spacial score (nSPS) is 20.2. The Kier molecular flexibility index (Phi) is 5.92. The van der Waals surface area contributed by atoms with E-state index in [9.17, 15) is 4.79 Å². The van der Waals surface area contributed by atoms with Crippen molar-refractivity contribution in [3.8, 4) is 0 Å². The van der Waals surface area contributed by atoms with Gasteiger partial charge in [-0.25, -0.2) is 0 Å². The van der Waals surface area contributed by atoms with Gasteiger partial charge in [-0.2, -0.15) is 0 Å². The Balaban J connectivity index is 1.19. The minimum Gasteiger partial charge on any atom is -0.389 e. The molecule has 1 saturated heterocycles. The quantitative estimate of drug-likeness (QED) is 0.736. The first kappa shape index (κ1) is 20.7. The molecule has 166 valence electrons. The number of fused-ring (bicyclic) bond motifs is 3. The van der Waals surface area contributed by atoms with Crippen LogP contribution in [0, 0.1) is 0 Å². The van der Waals surface area contributed by atoms with Gasteiger partial charge >= 0.3 is 0 Å². The number of allylic oxidation sites excluding steroid dienone is 4. The SMILES string of the molecule is C=C/C=C\C=C1/CON=C1N1CCN(CCc2ccc3[nH]c(=O)c4c(c3c2)COC4)CC1. The van der Waals surface area contributed by atoms with Crippen molar-refractivity contribution in [1.82, 2.24) is 14.8 Å². The van der Waals surface area contributed by atoms with Gasteiger partial charge in [-0.15, -0.1) is 0 Å². The van der Waals surface area contributed by atoms with E-state index in [1.54, 1.807) is 6.08 Å². The maximum absolute atomic E-state index is 12.2. The number of H-pyrrole nitrogens is 1. The summed E-state index contributed by atoms with van der Waals surface area (Å²) in [6, 6.07) is 6.36. The third-order valence-electron chi connectivity index (χ3n) is 6.38. The lowest BCUT2D eigenvalue weighted by molar-refractivity contribution is 0.134. The van der Waals surface area contributed by atoms with Crippen molar-refractivity contribution in [3.63, 3.8) is 0 Å². The molecule has 0 aliphatic carbocycles. The number of ether oxygens (including phenoxy) is 1. The van der Waals surface area contributed by atoms with Crippen LogP contribution in [0.25, 0.3) is 10.9 Å². The van der Waals surface area contributed by atoms with Crippen LogP contribution in [0.15, 0.2) is 64.6 Å². The first-order chi connectivity index (χ1) is 15.7. The molecule has 5 rings (SSSR count). The molecule has 0 amide bonds. The lowest BCUT2D eigenvalue weighted by atomic mass is 10.0. The van der Waals surface area contributed by atoms with E-state index in [1.165, 1.54) is 5.56 Å². The molecular formula is C25H28N4O3. The van der Waals surface area contributed by atoms with Crippen molar-refractivity contribution >= 4 is 16.7 Å². The maximum atomic E-state index is 12.2. The van der Waals surface area contributed by atoms with Gasteiger partial charge in [0.25, 0.3) is 5.56 Å². The third-order valence-corrected chi connectivity index (χ3v) is 6.38. The number of oxime groups is 1. The molecule has 0 bridgehead atoms. The molecule has 2 aromatic rings. The summed E-state index contributed by atoms with van der Waals surface area (Å²) in [7, 11) is 0. The van der Waals surface area contributed by atoms with Crippen molar-refractivity contribution < 1.29 is 9.57 Å². The monoisotopic (exact) mass is 432 g/mol. The molecule has 1 N–H and O–H groups in total. The fourth-order valence-corrected chi connectivity index (χ4v) is 4.57. The molecule has 32 heavy (non-hydrogen) atoms. The molecule has 0 unspecified atom stereocenters. The highest BCUT2D eigenvalue weighted by molar-refractivity contribution is 5.99. The predicted octanol–water partition coefficient (Wildman–Crippen LogP) is 2.73. The zero-order chi connectivity index (χ0) is 21.9. The zero-order valence-electron chi connectivity index (χ0n) is 18.2. The summed E-state index contributed by atoms with van der Waals surface area (Å²) in [6.07, 6.45) is 8.68. The summed E-state index contributed by atoms with van der Waals surface area (Å²) in [5.41, 5.74) is 5.09. The largest absolute Gasteiger partial charge is 0.389 e. The number of aromatic nitrogens is 1. The predicted molar refractivity (Wildman–Crippen MR) is 126 cm³/mol. The molecule has 3 aliphatic rings. The van der Waals surface area contributed by atoms with E-state index in [2.05, 4.69) is 44.7 Å². The van der Waals surface area contributed by atoms with Crippen molar-refractivity contribution in [2.75, 3.05) is 39.3 Å². The Morgan fingerprint density at radius 1 is 1.09 bits per heavy atom. The fourth-order valence-electron chi connectivity index (χ4n) is 4.57. The van der Waals surface area contributed by atoms with Gasteiger partial charge in [0.15, 0.2) is 5.84 Å². The summed E-state index contributed by atoms with van der Waals surface area (Å²) < 4.78 is 5.52. The van der Waals surface area contributed by atoms with Crippen LogP contribution in [0.4, 0.5) is 0 Å². The Hall–Kier alpha value is -3.16. The van der Waals surface area contributed by atoms with E-state index < -0.39 is 0 Å². The molecule has 1 aromatic carbocycles. The number of hydrogen-bond acceptors (Lipinski definition) is 6. The minimum absolute atomic E-state index is 0.0254. The number of piperazine rings is 1. The smallest absolute Gasteiger partial charge is 0.254 e. The van der Waals surface area contributed by atoms with Crippen LogP contribution in [0.5, 0.6) is 0 Å². The number of nitrogens with zero attached hydrogens (tertiary/aromatic N) is 3. The molecule has 0 atom stereocenters. The molecule has 4 heterocycles. The summed E-state index contributed by atoms with van der Waals surface area (Å²) in [4.78, 5) is 25.3. The second-order valence-corrected chi connectivity index (χ2v) is 8.36. The van der Waals surface area contributed by atoms with Crippen LogP contribution in [-0.2, 0) is 29.2 Å². The summed E-state index contributed by atoms with van der Waals surface area (Å²) in [5.74, 6) is 0.956. The van der Waals surface area contributed by atoms with Gasteiger partial charge in [0.05, 0.1) is 13.2 Å². The highest BCUT2D eigenvalue weighted by Crippen LogP contribution is 2.26. The van der Waals surface area contributed by atoms with E-state index >= 15 is 0 Å². The van der Waals surface area contributed by atoms with Crippen LogP contribution in [0.1, 0.15) is 16.7 Å². The average molecular weight is 433 g/mol. The molecule has 1 aromatic heterocycles. The van der Waals surface area contributed by atoms with E-state index in [-0.39, 0.29) is 5.56 Å². The molecule has 7 nitrogen and oxygen atoms in total. The topological polar surface area (TPSA) is 70.2 Å². The Morgan fingerprint density at radius 2 is 1.94 bits per heavy atom. The number of benzene rings is 1. The van der Waals surface area contributed by atoms with Crippen molar-refractivity contribution in [3.05, 3.63) is 81.7 Å². The summed E-state index contributed by atoms with van der Waals surface area (Å²) in [5, 5.41) is 5.38. The molecule has 0 saturated carbocycles. The highest BCUT2D eigenvalue weighted by Gasteiger charge is 2.25. The van der Waals surface area contributed by atoms with Gasteiger partial charge < -0.3 is 19.5 Å². The summed E-state index contributed by atoms with van der Waals surface area (Å²) >= 11 is 0. The summed E-state index contributed by atoms with van der Waals surface area (Å²) in [6.45, 7) is 10.0. The highest BCUT2D eigenvalue weighted by atomic mass is 16.6. The molecule has 3 aliphatic heterocycles. The number of amidine groups is 1. The Bertz CT molecular complexity index is 1170. The third kappa shape index (κ3) is 4.13. The van der Waals surface area contributed by atoms with Crippen LogP contribution < -0.4 is 5.56 Å². The van der Waals surface area contributed by atoms with Gasteiger partial charge in [0, 0.05) is 54.8 Å². The van der Waals surface area contributed by atoms with Crippen molar-refractivity contribution in [2.24, 2.45) is 5.16 Å². The molecule has 0 radical (unpaired) electrons. The van der Waals surface area contributed by atoms with E-state index in [0.717, 1.165) is 72.6 Å². The first-order valence-corrected chi connectivity index (χ1v) is 11.1. The second kappa shape index (κ2) is 9.14. The van der Waals surface area contributed by atoms with E-state index in [0.29, 0.717) is 19.8 Å². The Labute approximate surface area is 187 Å². The minimum atomic E-state index is -0.0254. The number of pyridine rings is 1. The lowest BCUT2D eigenvalue weighted by Crippen LogP contribution is -2.49. The molecule has 0 spiro atoms. The van der Waals surface area contributed by atoms with Crippen LogP contribution in [-0.4, -0.2) is 60.0 Å². The molecule has 1 fully saturated rings. The number of nitrogens with one attached hydrogen (secondary N) is 1. The number of rotatable bonds is 5. The lowest BCUT2D eigenvalue weighted by Gasteiger charge is -2.35. The van der Waals surface area contributed by atoms with E-state index in [1.807, 2.05) is 18.2 Å². The second-order valence-electron chi connectivity index (χ2n) is 8.36. The van der Waals surface area contributed by atoms with Crippen molar-refractivity contribution in [1.29, 1.82) is 0 Å². The average Bonchev–Trinajstić information content (AvgIpc) is 3.49. The van der Waals surface area contributed by atoms with Gasteiger partial charge in [-0.05, 0) is 29.7 Å². The van der Waals surface area contributed by atoms with Crippen LogP contribution in [0.2, 0.25) is 0 Å².